The highest BCUT2D eigenvalue weighted by atomic mass is 127. The highest BCUT2D eigenvalue weighted by molar-refractivity contribution is 14.1. The molecule has 0 unspecified atom stereocenters. The van der Waals surface area contributed by atoms with E-state index in [1.54, 1.807) is 0 Å². The van der Waals surface area contributed by atoms with Crippen LogP contribution in [0.2, 0.25) is 0 Å². The lowest BCUT2D eigenvalue weighted by Crippen LogP contribution is -1.76. The van der Waals surface area contributed by atoms with E-state index in [1.807, 2.05) is 6.20 Å². The Morgan fingerprint density at radius 1 is 1.18 bits per heavy atom. The molecule has 1 nitrogen and oxygen atoms in total. The van der Waals surface area contributed by atoms with Gasteiger partial charge in [0.05, 0.1) is 0 Å². The van der Waals surface area contributed by atoms with Crippen LogP contribution in [0.3, 0.4) is 0 Å². The molecule has 0 saturated carbocycles. The maximum atomic E-state index is 3.19. The third kappa shape index (κ3) is 1.40. The zero-order valence-electron chi connectivity index (χ0n) is 5.57. The molecule has 0 fully saturated rings. The normalized spacial score (nSPS) is 10.7. The molecule has 0 atom stereocenters. The molecule has 3 heteroatoms. The number of fused-ring (bicyclic) bond motifs is 1. The number of aromatic amines is 1. The SMILES string of the molecule is Ic1cc(I)c2cc[nH]c2c1. The van der Waals surface area contributed by atoms with Gasteiger partial charge in [-0.2, -0.15) is 0 Å². The fourth-order valence-electron chi connectivity index (χ4n) is 1.09. The zero-order valence-corrected chi connectivity index (χ0v) is 9.88. The van der Waals surface area contributed by atoms with Gasteiger partial charge in [0.15, 0.2) is 0 Å². The molecule has 0 aliphatic heterocycles. The highest BCUT2D eigenvalue weighted by Gasteiger charge is 1.99. The summed E-state index contributed by atoms with van der Waals surface area (Å²) in [5.41, 5.74) is 1.22. The molecular formula is C8H5I2N. The van der Waals surface area contributed by atoms with Crippen LogP contribution in [-0.2, 0) is 0 Å². The van der Waals surface area contributed by atoms with E-state index in [0.29, 0.717) is 0 Å². The van der Waals surface area contributed by atoms with Crippen molar-refractivity contribution in [2.75, 3.05) is 0 Å². The van der Waals surface area contributed by atoms with Crippen LogP contribution in [0.4, 0.5) is 0 Å². The van der Waals surface area contributed by atoms with Gasteiger partial charge in [-0.3, -0.25) is 0 Å². The van der Waals surface area contributed by atoms with Crippen molar-refractivity contribution < 1.29 is 0 Å². The van der Waals surface area contributed by atoms with E-state index in [-0.39, 0.29) is 0 Å². The van der Waals surface area contributed by atoms with Crippen molar-refractivity contribution >= 4 is 56.1 Å². The van der Waals surface area contributed by atoms with Gasteiger partial charge in [-0.15, -0.1) is 0 Å². The largest absolute Gasteiger partial charge is 0.361 e. The predicted octanol–water partition coefficient (Wildman–Crippen LogP) is 3.38. The summed E-state index contributed by atoms with van der Waals surface area (Å²) in [6, 6.07) is 6.43. The number of benzene rings is 1. The monoisotopic (exact) mass is 369 g/mol. The third-order valence-electron chi connectivity index (χ3n) is 1.58. The molecule has 1 N–H and O–H groups in total. The van der Waals surface area contributed by atoms with Crippen LogP contribution in [0.1, 0.15) is 0 Å². The van der Waals surface area contributed by atoms with Gasteiger partial charge in [-0.25, -0.2) is 0 Å². The summed E-state index contributed by atoms with van der Waals surface area (Å²) in [6.07, 6.45) is 1.98. The van der Waals surface area contributed by atoms with Gasteiger partial charge < -0.3 is 4.98 Å². The van der Waals surface area contributed by atoms with Crippen LogP contribution in [0.5, 0.6) is 0 Å². The van der Waals surface area contributed by atoms with Crippen LogP contribution in [0.25, 0.3) is 10.9 Å². The summed E-state index contributed by atoms with van der Waals surface area (Å²) in [6.45, 7) is 0. The summed E-state index contributed by atoms with van der Waals surface area (Å²) in [4.78, 5) is 3.19. The second kappa shape index (κ2) is 2.93. The van der Waals surface area contributed by atoms with E-state index >= 15 is 0 Å². The number of rotatable bonds is 0. The number of H-pyrrole nitrogens is 1. The Labute approximate surface area is 91.8 Å². The number of aromatic nitrogens is 1. The van der Waals surface area contributed by atoms with E-state index in [4.69, 9.17) is 0 Å². The minimum atomic E-state index is 1.22. The summed E-state index contributed by atoms with van der Waals surface area (Å²) >= 11 is 4.68. The average Bonchev–Trinajstić information content (AvgIpc) is 2.34. The molecule has 1 aromatic heterocycles. The van der Waals surface area contributed by atoms with E-state index < -0.39 is 0 Å². The van der Waals surface area contributed by atoms with Gasteiger partial charge in [-0.1, -0.05) is 0 Å². The summed E-state index contributed by atoms with van der Waals surface area (Å²) in [5, 5.41) is 1.31. The van der Waals surface area contributed by atoms with Crippen LogP contribution in [-0.4, -0.2) is 4.98 Å². The Hall–Kier alpha value is 0.220. The maximum absolute atomic E-state index is 3.19. The third-order valence-corrected chi connectivity index (χ3v) is 3.10. The molecule has 0 radical (unpaired) electrons. The first-order valence-corrected chi connectivity index (χ1v) is 5.35. The molecule has 1 heterocycles. The van der Waals surface area contributed by atoms with Crippen molar-refractivity contribution in [1.82, 2.24) is 4.98 Å². The fourth-order valence-corrected chi connectivity index (χ4v) is 3.11. The molecule has 0 amide bonds. The molecule has 0 aliphatic carbocycles. The lowest BCUT2D eigenvalue weighted by atomic mass is 10.3. The minimum absolute atomic E-state index is 1.22. The van der Waals surface area contributed by atoms with E-state index in [0.717, 1.165) is 0 Å². The lowest BCUT2D eigenvalue weighted by Gasteiger charge is -1.94. The van der Waals surface area contributed by atoms with Gasteiger partial charge in [-0.05, 0) is 63.4 Å². The molecular weight excluding hydrogens is 364 g/mol. The molecule has 0 saturated heterocycles. The van der Waals surface area contributed by atoms with E-state index in [1.165, 1.54) is 18.0 Å². The minimum Gasteiger partial charge on any atom is -0.361 e. The van der Waals surface area contributed by atoms with E-state index in [2.05, 4.69) is 68.4 Å². The van der Waals surface area contributed by atoms with Crippen LogP contribution < -0.4 is 0 Å². The Bertz CT molecular complexity index is 392. The lowest BCUT2D eigenvalue weighted by molar-refractivity contribution is 1.47. The van der Waals surface area contributed by atoms with Crippen molar-refractivity contribution in [1.29, 1.82) is 0 Å². The van der Waals surface area contributed by atoms with Crippen molar-refractivity contribution in [2.24, 2.45) is 0 Å². The van der Waals surface area contributed by atoms with Crippen molar-refractivity contribution in [2.45, 2.75) is 0 Å². The number of nitrogens with one attached hydrogen (secondary N) is 1. The summed E-state index contributed by atoms with van der Waals surface area (Å²) < 4.78 is 2.59. The number of hydrogen-bond donors (Lipinski definition) is 1. The highest BCUT2D eigenvalue weighted by Crippen LogP contribution is 2.22. The Morgan fingerprint density at radius 2 is 2.00 bits per heavy atom. The first-order valence-electron chi connectivity index (χ1n) is 3.19. The van der Waals surface area contributed by atoms with Crippen molar-refractivity contribution in [3.8, 4) is 0 Å². The summed E-state index contributed by atoms with van der Waals surface area (Å²) in [5.74, 6) is 0. The molecule has 2 aromatic rings. The van der Waals surface area contributed by atoms with Gasteiger partial charge in [0.2, 0.25) is 0 Å². The Morgan fingerprint density at radius 3 is 2.82 bits per heavy atom. The second-order valence-corrected chi connectivity index (χ2v) is 4.73. The topological polar surface area (TPSA) is 15.8 Å². The Kier molecular flexibility index (Phi) is 2.09. The number of halogens is 2. The number of hydrogen-bond acceptors (Lipinski definition) is 0. The van der Waals surface area contributed by atoms with Crippen molar-refractivity contribution in [3.05, 3.63) is 31.5 Å². The second-order valence-electron chi connectivity index (χ2n) is 2.33. The van der Waals surface area contributed by atoms with E-state index in [9.17, 15) is 0 Å². The fraction of sp³-hybridized carbons (Fsp3) is 0. The first kappa shape index (κ1) is 7.85. The van der Waals surface area contributed by atoms with Crippen LogP contribution in [0.15, 0.2) is 24.4 Å². The van der Waals surface area contributed by atoms with Crippen molar-refractivity contribution in [3.63, 3.8) is 0 Å². The standard InChI is InChI=1S/C8H5I2N/c9-5-3-7(10)6-1-2-11-8(6)4-5/h1-4,11H. The smallest absolute Gasteiger partial charge is 0.0475 e. The maximum Gasteiger partial charge on any atom is 0.0475 e. The van der Waals surface area contributed by atoms with Gasteiger partial charge in [0.25, 0.3) is 0 Å². The predicted molar refractivity (Wildman–Crippen MR) is 63.7 cm³/mol. The zero-order chi connectivity index (χ0) is 7.84. The van der Waals surface area contributed by atoms with Crippen LogP contribution in [0, 0.1) is 7.14 Å². The molecule has 56 valence electrons. The first-order chi connectivity index (χ1) is 5.27. The molecule has 0 aliphatic rings. The van der Waals surface area contributed by atoms with Crippen LogP contribution >= 0.6 is 45.2 Å². The molecule has 1 aromatic carbocycles. The summed E-state index contributed by atoms with van der Waals surface area (Å²) in [7, 11) is 0. The molecule has 0 spiro atoms. The molecule has 2 rings (SSSR count). The molecule has 11 heavy (non-hydrogen) atoms. The quantitative estimate of drug-likeness (QED) is 0.686. The average molecular weight is 369 g/mol. The van der Waals surface area contributed by atoms with Gasteiger partial charge in [0, 0.05) is 24.2 Å². The molecule has 0 bridgehead atoms. The Balaban J connectivity index is 2.91. The van der Waals surface area contributed by atoms with Gasteiger partial charge in [0.1, 0.15) is 0 Å². The van der Waals surface area contributed by atoms with Gasteiger partial charge >= 0.3 is 0 Å².